The molecule has 0 N–H and O–H groups in total. The third-order valence-corrected chi connectivity index (χ3v) is 5.38. The van der Waals surface area contributed by atoms with Crippen LogP contribution in [0.15, 0.2) is 16.6 Å². The average molecular weight is 341 g/mol. The second kappa shape index (κ2) is 4.70. The largest absolute Gasteiger partial charge is 0.292 e. The molecular formula is C11H11BrF2O3S. The number of rotatable bonds is 3. The lowest BCUT2D eigenvalue weighted by atomic mass is 9.99. The first-order chi connectivity index (χ1) is 7.98. The number of Topliss-reactive ketones (excluding diaryl/α,β-unsaturated/α-hetero) is 1. The van der Waals surface area contributed by atoms with Crippen molar-refractivity contribution in [2.45, 2.75) is 18.6 Å². The van der Waals surface area contributed by atoms with Crippen molar-refractivity contribution in [2.75, 3.05) is 6.26 Å². The molecular weight excluding hydrogens is 330 g/mol. The van der Waals surface area contributed by atoms with Crippen LogP contribution in [0.2, 0.25) is 0 Å². The van der Waals surface area contributed by atoms with Gasteiger partial charge < -0.3 is 0 Å². The third kappa shape index (κ3) is 2.61. The first-order valence-corrected chi connectivity index (χ1v) is 7.56. The molecule has 0 aliphatic rings. The van der Waals surface area contributed by atoms with Gasteiger partial charge in [0.15, 0.2) is 15.6 Å². The normalized spacial score (nSPS) is 12.6. The minimum absolute atomic E-state index is 0.131. The Kier molecular flexibility index (Phi) is 3.97. The third-order valence-electron chi connectivity index (χ3n) is 2.73. The van der Waals surface area contributed by atoms with Gasteiger partial charge in [-0.1, -0.05) is 0 Å². The Bertz CT molecular complexity index is 609. The first kappa shape index (κ1) is 15.2. The lowest BCUT2D eigenvalue weighted by molar-refractivity contribution is 0.0949. The van der Waals surface area contributed by atoms with Crippen molar-refractivity contribution in [3.63, 3.8) is 0 Å². The van der Waals surface area contributed by atoms with Crippen LogP contribution in [-0.2, 0) is 9.84 Å². The first-order valence-electron chi connectivity index (χ1n) is 4.87. The maximum absolute atomic E-state index is 13.6. The molecule has 0 amide bonds. The van der Waals surface area contributed by atoms with Gasteiger partial charge >= 0.3 is 0 Å². The molecule has 7 heteroatoms. The van der Waals surface area contributed by atoms with Crippen LogP contribution in [0.3, 0.4) is 0 Å². The number of hydrogen-bond donors (Lipinski definition) is 0. The van der Waals surface area contributed by atoms with Gasteiger partial charge in [-0.05, 0) is 41.9 Å². The summed E-state index contributed by atoms with van der Waals surface area (Å²) in [6.45, 7) is 2.31. The fourth-order valence-electron chi connectivity index (χ4n) is 1.19. The van der Waals surface area contributed by atoms with Crippen molar-refractivity contribution in [3.8, 4) is 0 Å². The second-order valence-electron chi connectivity index (χ2n) is 4.36. The summed E-state index contributed by atoms with van der Waals surface area (Å²) < 4.78 is 47.9. The molecule has 1 rings (SSSR count). The molecule has 0 radical (unpaired) electrons. The summed E-state index contributed by atoms with van der Waals surface area (Å²) in [7, 11) is -3.74. The van der Waals surface area contributed by atoms with Crippen molar-refractivity contribution < 1.29 is 22.0 Å². The molecule has 0 bridgehead atoms. The van der Waals surface area contributed by atoms with Crippen LogP contribution in [0.5, 0.6) is 0 Å². The van der Waals surface area contributed by atoms with E-state index in [4.69, 9.17) is 0 Å². The van der Waals surface area contributed by atoms with E-state index >= 15 is 0 Å². The molecule has 3 nitrogen and oxygen atoms in total. The molecule has 0 unspecified atom stereocenters. The summed E-state index contributed by atoms with van der Waals surface area (Å²) >= 11 is 2.77. The molecule has 0 fully saturated rings. The van der Waals surface area contributed by atoms with Crippen LogP contribution < -0.4 is 0 Å². The average Bonchev–Trinajstić information content (AvgIpc) is 2.20. The van der Waals surface area contributed by atoms with Crippen LogP contribution in [-0.4, -0.2) is 25.2 Å². The van der Waals surface area contributed by atoms with Gasteiger partial charge in [0.05, 0.1) is 10.0 Å². The summed E-state index contributed by atoms with van der Waals surface area (Å²) in [6.07, 6.45) is 0.873. The van der Waals surface area contributed by atoms with Gasteiger partial charge in [-0.3, -0.25) is 4.79 Å². The van der Waals surface area contributed by atoms with E-state index in [1.165, 1.54) is 0 Å². The Morgan fingerprint density at radius 2 is 1.72 bits per heavy atom. The SMILES string of the molecule is CC(C)(C(=O)c1cc(F)c(Br)cc1F)S(C)(=O)=O. The fraction of sp³-hybridized carbons (Fsp3) is 0.364. The Labute approximate surface area is 112 Å². The predicted octanol–water partition coefficient (Wildman–Crippen LogP) is 2.73. The Balaban J connectivity index is 3.42. The number of carbonyl (C=O) groups excluding carboxylic acids is 1. The number of sulfone groups is 1. The topological polar surface area (TPSA) is 51.2 Å². The number of ketones is 1. The van der Waals surface area contributed by atoms with Crippen molar-refractivity contribution in [3.05, 3.63) is 33.8 Å². The number of carbonyl (C=O) groups is 1. The highest BCUT2D eigenvalue weighted by Gasteiger charge is 2.40. The molecule has 0 aliphatic heterocycles. The van der Waals surface area contributed by atoms with Gasteiger partial charge in [0.25, 0.3) is 0 Å². The fourth-order valence-corrected chi connectivity index (χ4v) is 1.95. The number of halogens is 3. The lowest BCUT2D eigenvalue weighted by Crippen LogP contribution is -2.40. The molecule has 0 aliphatic carbocycles. The summed E-state index contributed by atoms with van der Waals surface area (Å²) in [5.41, 5.74) is -0.578. The van der Waals surface area contributed by atoms with Crippen LogP contribution in [0.25, 0.3) is 0 Å². The minimum Gasteiger partial charge on any atom is -0.292 e. The van der Waals surface area contributed by atoms with E-state index < -0.39 is 37.6 Å². The van der Waals surface area contributed by atoms with Gasteiger partial charge in [0.2, 0.25) is 0 Å². The molecule has 0 spiro atoms. The summed E-state index contributed by atoms with van der Waals surface area (Å²) in [5.74, 6) is -2.78. The summed E-state index contributed by atoms with van der Waals surface area (Å²) in [4.78, 5) is 12.0. The molecule has 0 saturated heterocycles. The van der Waals surface area contributed by atoms with Crippen molar-refractivity contribution >= 4 is 31.6 Å². The van der Waals surface area contributed by atoms with E-state index in [0.717, 1.165) is 26.2 Å². The van der Waals surface area contributed by atoms with Gasteiger partial charge in [0, 0.05) is 6.26 Å². The number of hydrogen-bond acceptors (Lipinski definition) is 3. The molecule has 18 heavy (non-hydrogen) atoms. The van der Waals surface area contributed by atoms with Gasteiger partial charge in [-0.15, -0.1) is 0 Å². The smallest absolute Gasteiger partial charge is 0.186 e. The van der Waals surface area contributed by atoms with E-state index in [9.17, 15) is 22.0 Å². The molecule has 1 aromatic rings. The molecule has 0 aromatic heterocycles. The Hall–Kier alpha value is -0.820. The van der Waals surface area contributed by atoms with Crippen LogP contribution >= 0.6 is 15.9 Å². The molecule has 1 aromatic carbocycles. The highest BCUT2D eigenvalue weighted by atomic mass is 79.9. The zero-order valence-corrected chi connectivity index (χ0v) is 12.3. The number of benzene rings is 1. The van der Waals surface area contributed by atoms with E-state index in [1.807, 2.05) is 0 Å². The van der Waals surface area contributed by atoms with Crippen molar-refractivity contribution in [1.82, 2.24) is 0 Å². The van der Waals surface area contributed by atoms with E-state index in [0.29, 0.717) is 6.07 Å². The maximum atomic E-state index is 13.6. The zero-order chi connectivity index (χ0) is 14.3. The van der Waals surface area contributed by atoms with Crippen LogP contribution in [0, 0.1) is 11.6 Å². The van der Waals surface area contributed by atoms with E-state index in [2.05, 4.69) is 15.9 Å². The Morgan fingerprint density at radius 1 is 1.22 bits per heavy atom. The minimum atomic E-state index is -3.74. The standard InChI is InChI=1S/C11H11BrF2O3S/c1-11(2,18(3,16)17)10(15)6-4-9(14)7(12)5-8(6)13/h4-5H,1-3H3. The maximum Gasteiger partial charge on any atom is 0.186 e. The quantitative estimate of drug-likeness (QED) is 0.628. The molecule has 0 heterocycles. The van der Waals surface area contributed by atoms with Gasteiger partial charge in [0.1, 0.15) is 16.4 Å². The molecule has 0 saturated carbocycles. The predicted molar refractivity (Wildman–Crippen MR) is 67.3 cm³/mol. The van der Waals surface area contributed by atoms with Gasteiger partial charge in [-0.25, -0.2) is 17.2 Å². The monoisotopic (exact) mass is 340 g/mol. The Morgan fingerprint density at radius 3 is 2.17 bits per heavy atom. The van der Waals surface area contributed by atoms with Crippen LogP contribution in [0.4, 0.5) is 8.78 Å². The lowest BCUT2D eigenvalue weighted by Gasteiger charge is -2.21. The second-order valence-corrected chi connectivity index (χ2v) is 7.78. The molecule has 0 atom stereocenters. The molecule has 100 valence electrons. The van der Waals surface area contributed by atoms with E-state index in [1.54, 1.807) is 0 Å². The highest BCUT2D eigenvalue weighted by molar-refractivity contribution is 9.10. The highest BCUT2D eigenvalue weighted by Crippen LogP contribution is 2.26. The van der Waals surface area contributed by atoms with Gasteiger partial charge in [-0.2, -0.15) is 0 Å². The van der Waals surface area contributed by atoms with E-state index in [-0.39, 0.29) is 4.47 Å². The van der Waals surface area contributed by atoms with Crippen LogP contribution in [0.1, 0.15) is 24.2 Å². The van der Waals surface area contributed by atoms with Crippen molar-refractivity contribution in [2.24, 2.45) is 0 Å². The summed E-state index contributed by atoms with van der Waals surface area (Å²) in [5, 5.41) is 0. The van der Waals surface area contributed by atoms with Crippen molar-refractivity contribution in [1.29, 1.82) is 0 Å². The zero-order valence-electron chi connectivity index (χ0n) is 9.92. The summed E-state index contributed by atoms with van der Waals surface area (Å²) in [6, 6.07) is 1.48.